The van der Waals surface area contributed by atoms with Crippen molar-refractivity contribution in [1.29, 1.82) is 0 Å². The van der Waals surface area contributed by atoms with Crippen molar-refractivity contribution in [3.05, 3.63) is 0 Å². The maximum atomic E-state index is 8.70. The number of hydrogen-bond acceptors (Lipinski definition) is 5. The van der Waals surface area contributed by atoms with E-state index in [0.717, 1.165) is 39.1 Å². The lowest BCUT2D eigenvalue weighted by molar-refractivity contribution is 0.227. The van der Waals surface area contributed by atoms with E-state index in [2.05, 4.69) is 10.2 Å². The van der Waals surface area contributed by atoms with Gasteiger partial charge < -0.3 is 26.8 Å². The van der Waals surface area contributed by atoms with Gasteiger partial charge in [0.15, 0.2) is 0 Å². The third-order valence-corrected chi connectivity index (χ3v) is 2.00. The van der Waals surface area contributed by atoms with E-state index in [4.69, 9.17) is 16.6 Å². The molecule has 0 aromatic rings. The molecule has 0 aliphatic heterocycles. The first-order valence-electron chi connectivity index (χ1n) is 5.29. The summed E-state index contributed by atoms with van der Waals surface area (Å²) in [5.41, 5.74) is 10.8. The lowest BCUT2D eigenvalue weighted by Gasteiger charge is -2.21. The molecular formula is C9H24N4O. The van der Waals surface area contributed by atoms with E-state index in [1.807, 2.05) is 0 Å². The van der Waals surface area contributed by atoms with Crippen LogP contribution in [0.2, 0.25) is 0 Å². The fourth-order valence-electron chi connectivity index (χ4n) is 1.28. The van der Waals surface area contributed by atoms with Gasteiger partial charge in [-0.25, -0.2) is 0 Å². The molecule has 0 amide bonds. The first kappa shape index (κ1) is 13.8. The highest BCUT2D eigenvalue weighted by Gasteiger charge is 2.01. The second kappa shape index (κ2) is 10.9. The number of nitrogens with zero attached hydrogens (tertiary/aromatic N) is 1. The predicted molar refractivity (Wildman–Crippen MR) is 59.1 cm³/mol. The quantitative estimate of drug-likeness (QED) is 0.315. The molecular weight excluding hydrogens is 180 g/mol. The molecule has 86 valence electrons. The third-order valence-electron chi connectivity index (χ3n) is 2.00. The number of aliphatic hydroxyl groups excluding tert-OH is 1. The minimum Gasteiger partial charge on any atom is -0.396 e. The van der Waals surface area contributed by atoms with Gasteiger partial charge in [-0.2, -0.15) is 0 Å². The molecule has 0 spiro atoms. The van der Waals surface area contributed by atoms with Crippen LogP contribution >= 0.6 is 0 Å². The fraction of sp³-hybridized carbons (Fsp3) is 1.00. The van der Waals surface area contributed by atoms with Gasteiger partial charge in [0.2, 0.25) is 0 Å². The van der Waals surface area contributed by atoms with Crippen molar-refractivity contribution >= 4 is 0 Å². The van der Waals surface area contributed by atoms with Crippen molar-refractivity contribution in [2.75, 3.05) is 52.4 Å². The van der Waals surface area contributed by atoms with E-state index in [1.54, 1.807) is 0 Å². The molecule has 0 heterocycles. The molecule has 0 saturated carbocycles. The Morgan fingerprint density at radius 2 is 1.79 bits per heavy atom. The lowest BCUT2D eigenvalue weighted by atomic mass is 10.3. The van der Waals surface area contributed by atoms with Crippen LogP contribution in [0, 0.1) is 0 Å². The summed E-state index contributed by atoms with van der Waals surface area (Å²) in [6, 6.07) is 0. The zero-order valence-corrected chi connectivity index (χ0v) is 8.91. The van der Waals surface area contributed by atoms with Gasteiger partial charge in [0.1, 0.15) is 0 Å². The number of rotatable bonds is 10. The van der Waals surface area contributed by atoms with Crippen molar-refractivity contribution < 1.29 is 5.11 Å². The summed E-state index contributed by atoms with van der Waals surface area (Å²) in [5.74, 6) is 0. The van der Waals surface area contributed by atoms with E-state index in [1.165, 1.54) is 0 Å². The molecule has 0 aliphatic carbocycles. The van der Waals surface area contributed by atoms with Gasteiger partial charge in [0, 0.05) is 52.4 Å². The SMILES string of the molecule is NCCNCCN(CCN)CCCO. The van der Waals surface area contributed by atoms with Crippen LogP contribution in [-0.2, 0) is 0 Å². The summed E-state index contributed by atoms with van der Waals surface area (Å²) in [7, 11) is 0. The standard InChI is InChI=1S/C9H24N4O/c10-2-4-12-5-8-13(7-3-11)6-1-9-14/h12,14H,1-11H2. The average molecular weight is 204 g/mol. The van der Waals surface area contributed by atoms with Gasteiger partial charge in [-0.05, 0) is 6.42 Å². The Labute approximate surface area is 86.4 Å². The van der Waals surface area contributed by atoms with Crippen LogP contribution in [0.3, 0.4) is 0 Å². The molecule has 0 rings (SSSR count). The molecule has 6 N–H and O–H groups in total. The smallest absolute Gasteiger partial charge is 0.0443 e. The molecule has 5 heteroatoms. The number of nitrogens with one attached hydrogen (secondary N) is 1. The number of aliphatic hydroxyl groups is 1. The molecule has 0 fully saturated rings. The van der Waals surface area contributed by atoms with Crippen molar-refractivity contribution in [3.63, 3.8) is 0 Å². The second-order valence-corrected chi connectivity index (χ2v) is 3.25. The molecule has 0 aliphatic rings. The Morgan fingerprint density at radius 1 is 1.00 bits per heavy atom. The highest BCUT2D eigenvalue weighted by molar-refractivity contribution is 4.60. The molecule has 5 nitrogen and oxygen atoms in total. The van der Waals surface area contributed by atoms with Gasteiger partial charge in [-0.15, -0.1) is 0 Å². The first-order chi connectivity index (χ1) is 6.85. The minimum atomic E-state index is 0.247. The third kappa shape index (κ3) is 8.40. The van der Waals surface area contributed by atoms with Crippen molar-refractivity contribution in [3.8, 4) is 0 Å². The van der Waals surface area contributed by atoms with E-state index in [-0.39, 0.29) is 6.61 Å². The summed E-state index contributed by atoms with van der Waals surface area (Å²) in [5, 5.41) is 11.9. The molecule has 0 unspecified atom stereocenters. The average Bonchev–Trinajstić information content (AvgIpc) is 2.20. The Balaban J connectivity index is 3.40. The molecule has 14 heavy (non-hydrogen) atoms. The van der Waals surface area contributed by atoms with Crippen molar-refractivity contribution in [2.24, 2.45) is 11.5 Å². The van der Waals surface area contributed by atoms with Gasteiger partial charge in [-0.3, -0.25) is 0 Å². The zero-order chi connectivity index (χ0) is 10.6. The summed E-state index contributed by atoms with van der Waals surface area (Å²) in [6.07, 6.45) is 0.816. The van der Waals surface area contributed by atoms with Crippen LogP contribution in [0.1, 0.15) is 6.42 Å². The lowest BCUT2D eigenvalue weighted by Crippen LogP contribution is -2.37. The van der Waals surface area contributed by atoms with Crippen LogP contribution < -0.4 is 16.8 Å². The summed E-state index contributed by atoms with van der Waals surface area (Å²) >= 11 is 0. The molecule has 0 aromatic heterocycles. The summed E-state index contributed by atoms with van der Waals surface area (Å²) < 4.78 is 0. The highest BCUT2D eigenvalue weighted by Crippen LogP contribution is 1.89. The molecule has 0 bridgehead atoms. The molecule has 0 saturated heterocycles. The monoisotopic (exact) mass is 204 g/mol. The Bertz CT molecular complexity index is 113. The van der Waals surface area contributed by atoms with Gasteiger partial charge in [-0.1, -0.05) is 0 Å². The van der Waals surface area contributed by atoms with Crippen LogP contribution in [-0.4, -0.2) is 62.4 Å². The summed E-state index contributed by atoms with van der Waals surface area (Å²) in [6.45, 7) is 6.16. The topological polar surface area (TPSA) is 87.5 Å². The van der Waals surface area contributed by atoms with Crippen LogP contribution in [0.15, 0.2) is 0 Å². The number of hydrogen-bond donors (Lipinski definition) is 4. The van der Waals surface area contributed by atoms with Gasteiger partial charge in [0.05, 0.1) is 0 Å². The van der Waals surface area contributed by atoms with Crippen molar-refractivity contribution in [2.45, 2.75) is 6.42 Å². The van der Waals surface area contributed by atoms with E-state index < -0.39 is 0 Å². The molecule has 0 atom stereocenters. The number of nitrogens with two attached hydrogens (primary N) is 2. The van der Waals surface area contributed by atoms with E-state index in [0.29, 0.717) is 13.1 Å². The summed E-state index contributed by atoms with van der Waals surface area (Å²) in [4.78, 5) is 2.25. The van der Waals surface area contributed by atoms with Crippen LogP contribution in [0.25, 0.3) is 0 Å². The van der Waals surface area contributed by atoms with Gasteiger partial charge >= 0.3 is 0 Å². The largest absolute Gasteiger partial charge is 0.396 e. The Morgan fingerprint density at radius 3 is 2.36 bits per heavy atom. The normalized spacial score (nSPS) is 11.1. The van der Waals surface area contributed by atoms with E-state index >= 15 is 0 Å². The van der Waals surface area contributed by atoms with Crippen LogP contribution in [0.4, 0.5) is 0 Å². The Hall–Kier alpha value is -0.200. The fourth-order valence-corrected chi connectivity index (χ4v) is 1.28. The highest BCUT2D eigenvalue weighted by atomic mass is 16.3. The first-order valence-corrected chi connectivity index (χ1v) is 5.29. The maximum absolute atomic E-state index is 8.70. The predicted octanol–water partition coefficient (Wildman–Crippen LogP) is -1.82. The molecule has 0 aromatic carbocycles. The van der Waals surface area contributed by atoms with E-state index in [9.17, 15) is 0 Å². The molecule has 0 radical (unpaired) electrons. The van der Waals surface area contributed by atoms with Crippen LogP contribution in [0.5, 0.6) is 0 Å². The maximum Gasteiger partial charge on any atom is 0.0443 e. The van der Waals surface area contributed by atoms with Gasteiger partial charge in [0.25, 0.3) is 0 Å². The minimum absolute atomic E-state index is 0.247. The zero-order valence-electron chi connectivity index (χ0n) is 8.91. The Kier molecular flexibility index (Phi) is 10.7. The van der Waals surface area contributed by atoms with Crippen molar-refractivity contribution in [1.82, 2.24) is 10.2 Å². The second-order valence-electron chi connectivity index (χ2n) is 3.25.